The zero-order valence-electron chi connectivity index (χ0n) is 6.82. The summed E-state index contributed by atoms with van der Waals surface area (Å²) in [5.74, 6) is 1.78. The highest BCUT2D eigenvalue weighted by atomic mass is 16.5. The van der Waals surface area contributed by atoms with Crippen molar-refractivity contribution in [2.24, 2.45) is 0 Å². The molecule has 0 amide bonds. The lowest BCUT2D eigenvalue weighted by molar-refractivity contribution is 0.309. The van der Waals surface area contributed by atoms with Gasteiger partial charge >= 0.3 is 0 Å². The molecule has 0 atom stereocenters. The number of likely N-dealkylation sites (N-methyl/N-ethyl adjacent to an activating group) is 1. The van der Waals surface area contributed by atoms with E-state index in [2.05, 4.69) is 9.97 Å². The number of nitrogens with two attached hydrogens (primary N) is 1. The molecule has 0 bridgehead atoms. The average Bonchev–Trinajstić information content (AvgIpc) is 2.07. The van der Waals surface area contributed by atoms with Crippen molar-refractivity contribution in [1.82, 2.24) is 9.97 Å². The van der Waals surface area contributed by atoms with Crippen LogP contribution >= 0.6 is 0 Å². The number of nitrogen functional groups attached to an aromatic ring is 1. The largest absolute Gasteiger partial charge is 0.485 e. The number of ether oxygens (including phenoxy) is 1. The summed E-state index contributed by atoms with van der Waals surface area (Å²) in [5.41, 5.74) is 5.60. The molecule has 1 aromatic rings. The summed E-state index contributed by atoms with van der Waals surface area (Å²) in [6.07, 6.45) is 1.44. The number of hydrogen-bond acceptors (Lipinski definition) is 5. The van der Waals surface area contributed by atoms with E-state index in [1.54, 1.807) is 0 Å². The summed E-state index contributed by atoms with van der Waals surface area (Å²) in [6, 6.07) is 0. The minimum absolute atomic E-state index is 0.409. The Morgan fingerprint density at radius 3 is 3.17 bits per heavy atom. The van der Waals surface area contributed by atoms with E-state index in [9.17, 15) is 0 Å². The summed E-state index contributed by atoms with van der Waals surface area (Å²) in [6.45, 7) is 1.48. The minimum atomic E-state index is 0.409. The van der Waals surface area contributed by atoms with Crippen molar-refractivity contribution >= 4 is 11.6 Å². The molecule has 2 heterocycles. The first-order chi connectivity index (χ1) is 5.79. The van der Waals surface area contributed by atoms with Crippen molar-refractivity contribution in [1.29, 1.82) is 0 Å². The number of fused-ring (bicyclic) bond motifs is 1. The zero-order chi connectivity index (χ0) is 8.55. The molecule has 2 N–H and O–H groups in total. The third kappa shape index (κ3) is 0.939. The SMILES string of the molecule is CN1CCOc2c(N)ncnc21. The fourth-order valence-corrected chi connectivity index (χ4v) is 1.18. The molecule has 5 heteroatoms. The lowest BCUT2D eigenvalue weighted by Gasteiger charge is -2.26. The molecule has 64 valence electrons. The summed E-state index contributed by atoms with van der Waals surface area (Å²) < 4.78 is 5.33. The molecule has 0 radical (unpaired) electrons. The Labute approximate surface area is 70.2 Å². The first-order valence-electron chi connectivity index (χ1n) is 3.73. The Balaban J connectivity index is 2.52. The van der Waals surface area contributed by atoms with Crippen molar-refractivity contribution in [3.63, 3.8) is 0 Å². The van der Waals surface area contributed by atoms with Crippen LogP contribution in [0.3, 0.4) is 0 Å². The van der Waals surface area contributed by atoms with E-state index in [0.717, 1.165) is 12.4 Å². The van der Waals surface area contributed by atoms with Crippen LogP contribution in [0, 0.1) is 0 Å². The standard InChI is InChI=1S/C7H10N4O/c1-11-2-3-12-5-6(8)9-4-10-7(5)11/h4H,2-3H2,1H3,(H2,8,9,10). The summed E-state index contributed by atoms with van der Waals surface area (Å²) in [5, 5.41) is 0. The summed E-state index contributed by atoms with van der Waals surface area (Å²) in [7, 11) is 1.95. The van der Waals surface area contributed by atoms with E-state index >= 15 is 0 Å². The van der Waals surface area contributed by atoms with Crippen molar-refractivity contribution in [3.8, 4) is 5.75 Å². The second-order valence-corrected chi connectivity index (χ2v) is 2.68. The number of rotatable bonds is 0. The molecule has 1 aliphatic rings. The molecule has 1 aliphatic heterocycles. The van der Waals surface area contributed by atoms with Crippen LogP contribution in [0.25, 0.3) is 0 Å². The maximum absolute atomic E-state index is 5.60. The van der Waals surface area contributed by atoms with Crippen LogP contribution < -0.4 is 15.4 Å². The molecule has 0 fully saturated rings. The predicted octanol–water partition coefficient (Wildman–Crippen LogP) is -0.113. The first kappa shape index (κ1) is 7.15. The second-order valence-electron chi connectivity index (χ2n) is 2.68. The van der Waals surface area contributed by atoms with Crippen LogP contribution in [0.15, 0.2) is 6.33 Å². The molecular formula is C7H10N4O. The highest BCUT2D eigenvalue weighted by Crippen LogP contribution is 2.31. The van der Waals surface area contributed by atoms with Crippen molar-refractivity contribution in [3.05, 3.63) is 6.33 Å². The highest BCUT2D eigenvalue weighted by Gasteiger charge is 2.18. The van der Waals surface area contributed by atoms with Gasteiger partial charge in [-0.25, -0.2) is 9.97 Å². The number of aromatic nitrogens is 2. The van der Waals surface area contributed by atoms with Gasteiger partial charge in [-0.15, -0.1) is 0 Å². The fourth-order valence-electron chi connectivity index (χ4n) is 1.18. The molecule has 0 unspecified atom stereocenters. The molecule has 0 saturated carbocycles. The third-order valence-electron chi connectivity index (χ3n) is 1.85. The Morgan fingerprint density at radius 1 is 1.58 bits per heavy atom. The van der Waals surface area contributed by atoms with Crippen LogP contribution in [0.2, 0.25) is 0 Å². The lowest BCUT2D eigenvalue weighted by Crippen LogP contribution is -2.30. The maximum atomic E-state index is 5.60. The van der Waals surface area contributed by atoms with Crippen LogP contribution in [0.4, 0.5) is 11.6 Å². The van der Waals surface area contributed by atoms with Crippen molar-refractivity contribution in [2.75, 3.05) is 30.8 Å². The molecule has 1 aromatic heterocycles. The van der Waals surface area contributed by atoms with Crippen molar-refractivity contribution < 1.29 is 4.74 Å². The quantitative estimate of drug-likeness (QED) is 0.582. The second kappa shape index (κ2) is 2.51. The minimum Gasteiger partial charge on any atom is -0.485 e. The first-order valence-corrected chi connectivity index (χ1v) is 3.73. The number of hydrogen-bond donors (Lipinski definition) is 1. The zero-order valence-corrected chi connectivity index (χ0v) is 6.82. The Hall–Kier alpha value is -1.52. The predicted molar refractivity (Wildman–Crippen MR) is 45.2 cm³/mol. The Morgan fingerprint density at radius 2 is 2.42 bits per heavy atom. The Bertz CT molecular complexity index is 301. The molecular weight excluding hydrogens is 156 g/mol. The van der Waals surface area contributed by atoms with Crippen LogP contribution in [0.1, 0.15) is 0 Å². The monoisotopic (exact) mass is 166 g/mol. The third-order valence-corrected chi connectivity index (χ3v) is 1.85. The van der Waals surface area contributed by atoms with Crippen molar-refractivity contribution in [2.45, 2.75) is 0 Å². The number of nitrogens with zero attached hydrogens (tertiary/aromatic N) is 3. The molecule has 5 nitrogen and oxygen atoms in total. The fraction of sp³-hybridized carbons (Fsp3) is 0.429. The van der Waals surface area contributed by atoms with Gasteiger partial charge in [-0.05, 0) is 0 Å². The van der Waals surface area contributed by atoms with Crippen LogP contribution in [0.5, 0.6) is 5.75 Å². The summed E-state index contributed by atoms with van der Waals surface area (Å²) >= 11 is 0. The van der Waals surface area contributed by atoms with Crippen LogP contribution in [-0.4, -0.2) is 30.2 Å². The van der Waals surface area contributed by atoms with Gasteiger partial charge in [0.25, 0.3) is 0 Å². The van der Waals surface area contributed by atoms with Gasteiger partial charge in [0.05, 0.1) is 6.54 Å². The van der Waals surface area contributed by atoms with Gasteiger partial charge in [0.2, 0.25) is 5.75 Å². The van der Waals surface area contributed by atoms with E-state index in [1.807, 2.05) is 11.9 Å². The smallest absolute Gasteiger partial charge is 0.204 e. The van der Waals surface area contributed by atoms with Gasteiger partial charge in [-0.2, -0.15) is 0 Å². The van der Waals surface area contributed by atoms with E-state index < -0.39 is 0 Å². The van der Waals surface area contributed by atoms with Gasteiger partial charge in [0, 0.05) is 7.05 Å². The summed E-state index contributed by atoms with van der Waals surface area (Å²) in [4.78, 5) is 9.91. The van der Waals surface area contributed by atoms with E-state index in [4.69, 9.17) is 10.5 Å². The molecule has 0 aromatic carbocycles. The molecule has 0 saturated heterocycles. The van der Waals surface area contributed by atoms with Gasteiger partial charge in [-0.1, -0.05) is 0 Å². The van der Waals surface area contributed by atoms with Gasteiger partial charge < -0.3 is 15.4 Å². The van der Waals surface area contributed by atoms with Crippen LogP contribution in [-0.2, 0) is 0 Å². The molecule has 0 spiro atoms. The average molecular weight is 166 g/mol. The molecule has 2 rings (SSSR count). The maximum Gasteiger partial charge on any atom is 0.204 e. The topological polar surface area (TPSA) is 64.3 Å². The van der Waals surface area contributed by atoms with Gasteiger partial charge in [0.15, 0.2) is 11.6 Å². The van der Waals surface area contributed by atoms with Gasteiger partial charge in [-0.3, -0.25) is 0 Å². The lowest BCUT2D eigenvalue weighted by atomic mass is 10.4. The molecule has 12 heavy (non-hydrogen) atoms. The Kier molecular flexibility index (Phi) is 1.49. The van der Waals surface area contributed by atoms with Gasteiger partial charge in [0.1, 0.15) is 12.9 Å². The number of anilines is 2. The van der Waals surface area contributed by atoms with E-state index in [1.165, 1.54) is 6.33 Å². The van der Waals surface area contributed by atoms with E-state index in [0.29, 0.717) is 18.2 Å². The molecule has 0 aliphatic carbocycles. The van der Waals surface area contributed by atoms with E-state index in [-0.39, 0.29) is 0 Å². The normalized spacial score (nSPS) is 15.2. The highest BCUT2D eigenvalue weighted by molar-refractivity contribution is 5.63.